The molecule has 2 rings (SSSR count). The fourth-order valence-corrected chi connectivity index (χ4v) is 17.1. The third-order valence-electron chi connectivity index (χ3n) is 6.48. The van der Waals surface area contributed by atoms with Crippen LogP contribution in [0.1, 0.15) is 92.9 Å². The zero-order valence-corrected chi connectivity index (χ0v) is 15.3. The van der Waals surface area contributed by atoms with Crippen LogP contribution in [0.4, 0.5) is 0 Å². The normalized spacial score (nSPS) is 24.3. The number of hydrogen-bond donors (Lipinski definition) is 0. The Labute approximate surface area is 122 Å². The SMILES string of the molecule is CC(C)(C)[Si](C1CCCC1)(C1CCCC1)C(C)(C)C. The number of rotatable bonds is 2. The quantitative estimate of drug-likeness (QED) is 0.481. The van der Waals surface area contributed by atoms with Gasteiger partial charge in [-0.2, -0.15) is 0 Å². The summed E-state index contributed by atoms with van der Waals surface area (Å²) in [5, 5.41) is 1.13. The summed E-state index contributed by atoms with van der Waals surface area (Å²) in [5.41, 5.74) is 2.21. The van der Waals surface area contributed by atoms with Gasteiger partial charge in [0.1, 0.15) is 0 Å². The lowest BCUT2D eigenvalue weighted by atomic mass is 10.2. The highest BCUT2D eigenvalue weighted by molar-refractivity contribution is 6.87. The molecule has 0 atom stereocenters. The van der Waals surface area contributed by atoms with Crippen LogP contribution in [-0.4, -0.2) is 8.07 Å². The second kappa shape index (κ2) is 5.20. The molecule has 0 N–H and O–H groups in total. The topological polar surface area (TPSA) is 0 Å². The van der Waals surface area contributed by atoms with Crippen molar-refractivity contribution in [3.05, 3.63) is 0 Å². The molecule has 2 aliphatic carbocycles. The summed E-state index contributed by atoms with van der Waals surface area (Å²) in [6, 6.07) is 0. The smallest absolute Gasteiger partial charge is 0.0625 e. The van der Waals surface area contributed by atoms with E-state index in [4.69, 9.17) is 0 Å². The average Bonchev–Trinajstić information content (AvgIpc) is 2.85. The van der Waals surface area contributed by atoms with Crippen molar-refractivity contribution in [2.45, 2.75) is 114 Å². The van der Waals surface area contributed by atoms with E-state index in [9.17, 15) is 0 Å². The van der Waals surface area contributed by atoms with Gasteiger partial charge in [0, 0.05) is 0 Å². The molecule has 0 nitrogen and oxygen atoms in total. The molecule has 0 heterocycles. The molecular weight excluding hydrogens is 244 g/mol. The first-order valence-electron chi connectivity index (χ1n) is 8.71. The van der Waals surface area contributed by atoms with Gasteiger partial charge < -0.3 is 0 Å². The van der Waals surface area contributed by atoms with Gasteiger partial charge in [-0.25, -0.2) is 0 Å². The maximum atomic E-state index is 2.60. The Morgan fingerprint density at radius 2 is 0.842 bits per heavy atom. The lowest BCUT2D eigenvalue weighted by Crippen LogP contribution is -2.58. The van der Waals surface area contributed by atoms with Crippen molar-refractivity contribution in [2.24, 2.45) is 0 Å². The standard InChI is InChI=1S/C18H36Si/c1-17(2,3)19(18(4,5)6,15-11-7-8-12-15)16-13-9-10-14-16/h15-16H,7-14H2,1-6H3. The molecule has 0 aromatic heterocycles. The molecule has 0 spiro atoms. The lowest BCUT2D eigenvalue weighted by molar-refractivity contribution is 0.531. The molecule has 0 bridgehead atoms. The average molecular weight is 281 g/mol. The summed E-state index contributed by atoms with van der Waals surface area (Å²) in [4.78, 5) is 0. The molecule has 0 radical (unpaired) electrons. The zero-order valence-electron chi connectivity index (χ0n) is 14.3. The Balaban J connectivity index is 2.49. The molecule has 0 unspecified atom stereocenters. The van der Waals surface area contributed by atoms with Gasteiger partial charge in [0.05, 0.1) is 8.07 Å². The lowest BCUT2D eigenvalue weighted by Gasteiger charge is -2.59. The maximum Gasteiger partial charge on any atom is 0.0705 e. The molecule has 0 aromatic carbocycles. The van der Waals surface area contributed by atoms with Crippen molar-refractivity contribution in [1.29, 1.82) is 0 Å². The molecule has 2 saturated carbocycles. The largest absolute Gasteiger partial charge is 0.0705 e. The maximum absolute atomic E-state index is 2.60. The van der Waals surface area contributed by atoms with Gasteiger partial charge in [-0.05, 0) is 21.2 Å². The molecule has 0 aliphatic heterocycles. The fraction of sp³-hybridized carbons (Fsp3) is 1.00. The van der Waals surface area contributed by atoms with Crippen molar-refractivity contribution in [2.75, 3.05) is 0 Å². The van der Waals surface area contributed by atoms with Crippen molar-refractivity contribution in [3.8, 4) is 0 Å². The minimum atomic E-state index is -1.33. The monoisotopic (exact) mass is 280 g/mol. The van der Waals surface area contributed by atoms with Crippen LogP contribution < -0.4 is 0 Å². The third kappa shape index (κ3) is 2.45. The summed E-state index contributed by atoms with van der Waals surface area (Å²) in [7, 11) is -1.33. The van der Waals surface area contributed by atoms with E-state index in [0.29, 0.717) is 10.1 Å². The molecule has 0 aromatic rings. The Hall–Kier alpha value is 0.217. The highest BCUT2D eigenvalue weighted by Crippen LogP contribution is 2.68. The van der Waals surface area contributed by atoms with E-state index < -0.39 is 8.07 Å². The highest BCUT2D eigenvalue weighted by Gasteiger charge is 2.61. The van der Waals surface area contributed by atoms with Crippen LogP contribution >= 0.6 is 0 Å². The first-order chi connectivity index (χ1) is 8.71. The van der Waals surface area contributed by atoms with Crippen molar-refractivity contribution in [1.82, 2.24) is 0 Å². The van der Waals surface area contributed by atoms with Gasteiger partial charge in [0.2, 0.25) is 0 Å². The van der Waals surface area contributed by atoms with Crippen LogP contribution in [0.25, 0.3) is 0 Å². The summed E-state index contributed by atoms with van der Waals surface area (Å²) >= 11 is 0. The van der Waals surface area contributed by atoms with Gasteiger partial charge in [-0.3, -0.25) is 0 Å². The molecule has 19 heavy (non-hydrogen) atoms. The van der Waals surface area contributed by atoms with E-state index in [1.54, 1.807) is 25.7 Å². The molecule has 1 heteroatoms. The van der Waals surface area contributed by atoms with E-state index in [-0.39, 0.29) is 0 Å². The molecule has 2 aliphatic rings. The van der Waals surface area contributed by atoms with Crippen LogP contribution in [0.5, 0.6) is 0 Å². The van der Waals surface area contributed by atoms with Crippen LogP contribution in [0.2, 0.25) is 21.2 Å². The van der Waals surface area contributed by atoms with Gasteiger partial charge >= 0.3 is 0 Å². The van der Waals surface area contributed by atoms with E-state index >= 15 is 0 Å². The van der Waals surface area contributed by atoms with Gasteiger partial charge in [0.25, 0.3) is 0 Å². The van der Waals surface area contributed by atoms with E-state index in [0.717, 1.165) is 11.1 Å². The van der Waals surface area contributed by atoms with Crippen LogP contribution in [0, 0.1) is 0 Å². The van der Waals surface area contributed by atoms with Crippen LogP contribution in [0.15, 0.2) is 0 Å². The second-order valence-electron chi connectivity index (χ2n) is 9.33. The van der Waals surface area contributed by atoms with E-state index in [1.807, 2.05) is 0 Å². The van der Waals surface area contributed by atoms with Crippen LogP contribution in [-0.2, 0) is 0 Å². The third-order valence-corrected chi connectivity index (χ3v) is 15.2. The molecule has 112 valence electrons. The predicted octanol–water partition coefficient (Wildman–Crippen LogP) is 6.92. The predicted molar refractivity (Wildman–Crippen MR) is 89.6 cm³/mol. The Bertz CT molecular complexity index is 261. The summed E-state index contributed by atoms with van der Waals surface area (Å²) in [6.07, 6.45) is 12.3. The van der Waals surface area contributed by atoms with E-state index in [1.165, 1.54) is 25.7 Å². The summed E-state index contributed by atoms with van der Waals surface area (Å²) in [5.74, 6) is 0. The minimum absolute atomic E-state index is 0.565. The molecule has 0 amide bonds. The minimum Gasteiger partial charge on any atom is -0.0625 e. The first kappa shape index (κ1) is 15.6. The fourth-order valence-electron chi connectivity index (χ4n) is 6.67. The van der Waals surface area contributed by atoms with Gasteiger partial charge in [0.15, 0.2) is 0 Å². The second-order valence-corrected chi connectivity index (χ2v) is 15.7. The Morgan fingerprint density at radius 3 is 1.05 bits per heavy atom. The Morgan fingerprint density at radius 1 is 0.579 bits per heavy atom. The number of hydrogen-bond acceptors (Lipinski definition) is 0. The summed E-state index contributed by atoms with van der Waals surface area (Å²) in [6.45, 7) is 15.6. The molecule has 2 fully saturated rings. The highest BCUT2D eigenvalue weighted by atomic mass is 28.3. The molecular formula is C18H36Si. The van der Waals surface area contributed by atoms with Crippen molar-refractivity contribution in [3.63, 3.8) is 0 Å². The van der Waals surface area contributed by atoms with Gasteiger partial charge in [-0.1, -0.05) is 92.9 Å². The molecule has 0 saturated heterocycles. The first-order valence-corrected chi connectivity index (χ1v) is 10.9. The van der Waals surface area contributed by atoms with Crippen molar-refractivity contribution < 1.29 is 0 Å². The van der Waals surface area contributed by atoms with E-state index in [2.05, 4.69) is 41.5 Å². The Kier molecular flexibility index (Phi) is 4.27. The van der Waals surface area contributed by atoms with Crippen LogP contribution in [0.3, 0.4) is 0 Å². The summed E-state index contributed by atoms with van der Waals surface area (Å²) < 4.78 is 0. The zero-order chi connectivity index (χ0) is 14.3. The van der Waals surface area contributed by atoms with Gasteiger partial charge in [-0.15, -0.1) is 0 Å². The van der Waals surface area contributed by atoms with Crippen molar-refractivity contribution >= 4 is 8.07 Å².